The van der Waals surface area contributed by atoms with Gasteiger partial charge in [0.2, 0.25) is 0 Å². The van der Waals surface area contributed by atoms with Gasteiger partial charge in [-0.2, -0.15) is 0 Å². The highest BCUT2D eigenvalue weighted by atomic mass is 16.3. The molecule has 1 aromatic heterocycles. The van der Waals surface area contributed by atoms with Gasteiger partial charge in [0.1, 0.15) is 11.5 Å². The van der Waals surface area contributed by atoms with Crippen molar-refractivity contribution in [3.63, 3.8) is 0 Å². The van der Waals surface area contributed by atoms with E-state index in [1.165, 1.54) is 5.56 Å². The Hall–Kier alpha value is -1.62. The van der Waals surface area contributed by atoms with Gasteiger partial charge in [-0.25, -0.2) is 4.98 Å². The van der Waals surface area contributed by atoms with Gasteiger partial charge in [-0.1, -0.05) is 19.4 Å². The Balaban J connectivity index is 1.55. The summed E-state index contributed by atoms with van der Waals surface area (Å²) in [6.45, 7) is 4.46. The van der Waals surface area contributed by atoms with E-state index in [2.05, 4.69) is 16.8 Å². The first-order valence-corrected chi connectivity index (χ1v) is 9.24. The summed E-state index contributed by atoms with van der Waals surface area (Å²) < 4.78 is 0. The van der Waals surface area contributed by atoms with Gasteiger partial charge in [0.25, 0.3) is 5.91 Å². The van der Waals surface area contributed by atoms with Gasteiger partial charge >= 0.3 is 0 Å². The second-order valence-corrected chi connectivity index (χ2v) is 7.78. The summed E-state index contributed by atoms with van der Waals surface area (Å²) in [6.07, 6.45) is 4.84. The molecule has 3 atom stereocenters. The lowest BCUT2D eigenvalue weighted by Gasteiger charge is -2.40. The van der Waals surface area contributed by atoms with Crippen LogP contribution in [0.15, 0.2) is 12.1 Å². The third-order valence-corrected chi connectivity index (χ3v) is 6.47. The Morgan fingerprint density at radius 3 is 3.04 bits per heavy atom. The molecule has 130 valence electrons. The van der Waals surface area contributed by atoms with Crippen molar-refractivity contribution in [3.8, 4) is 0 Å². The number of nitrogens with zero attached hydrogens (tertiary/aromatic N) is 3. The van der Waals surface area contributed by atoms with E-state index in [0.717, 1.165) is 51.0 Å². The Morgan fingerprint density at radius 1 is 1.42 bits per heavy atom. The Bertz CT molecular complexity index is 662. The molecule has 1 amide bonds. The molecule has 0 bridgehead atoms. The fourth-order valence-electron chi connectivity index (χ4n) is 4.91. The van der Waals surface area contributed by atoms with Crippen LogP contribution in [0.25, 0.3) is 0 Å². The van der Waals surface area contributed by atoms with Crippen molar-refractivity contribution >= 4 is 11.7 Å². The molecule has 0 aromatic carbocycles. The summed E-state index contributed by atoms with van der Waals surface area (Å²) in [7, 11) is 2.03. The highest BCUT2D eigenvalue weighted by Crippen LogP contribution is 2.44. The molecular weight excluding hydrogens is 302 g/mol. The minimum absolute atomic E-state index is 0.0194. The smallest absolute Gasteiger partial charge is 0.272 e. The lowest BCUT2D eigenvalue weighted by atomic mass is 9.69. The van der Waals surface area contributed by atoms with Gasteiger partial charge < -0.3 is 14.9 Å². The zero-order valence-corrected chi connectivity index (χ0v) is 14.7. The van der Waals surface area contributed by atoms with E-state index >= 15 is 0 Å². The highest BCUT2D eigenvalue weighted by Gasteiger charge is 2.48. The number of pyridine rings is 1. The van der Waals surface area contributed by atoms with Crippen molar-refractivity contribution in [2.24, 2.45) is 11.8 Å². The summed E-state index contributed by atoms with van der Waals surface area (Å²) in [5, 5.41) is 10.9. The first-order valence-electron chi connectivity index (χ1n) is 9.24. The number of carbonyl (C=O) groups is 1. The fourth-order valence-corrected chi connectivity index (χ4v) is 4.91. The maximum Gasteiger partial charge on any atom is 0.272 e. The van der Waals surface area contributed by atoms with Gasteiger partial charge in [-0.15, -0.1) is 0 Å². The summed E-state index contributed by atoms with van der Waals surface area (Å²) >= 11 is 0. The van der Waals surface area contributed by atoms with Crippen molar-refractivity contribution < 1.29 is 9.90 Å². The van der Waals surface area contributed by atoms with Crippen LogP contribution in [-0.4, -0.2) is 53.2 Å². The first-order chi connectivity index (χ1) is 11.5. The van der Waals surface area contributed by atoms with E-state index in [1.807, 2.05) is 24.1 Å². The highest BCUT2D eigenvalue weighted by molar-refractivity contribution is 5.93. The molecule has 2 fully saturated rings. The van der Waals surface area contributed by atoms with E-state index in [1.54, 1.807) is 0 Å². The molecule has 24 heavy (non-hydrogen) atoms. The molecule has 1 aromatic rings. The molecule has 1 aliphatic carbocycles. The number of aliphatic hydroxyl groups is 1. The minimum Gasteiger partial charge on any atom is -0.390 e. The summed E-state index contributed by atoms with van der Waals surface area (Å²) in [4.78, 5) is 21.6. The van der Waals surface area contributed by atoms with Gasteiger partial charge in [0.15, 0.2) is 0 Å². The largest absolute Gasteiger partial charge is 0.390 e. The van der Waals surface area contributed by atoms with Crippen LogP contribution in [0.2, 0.25) is 0 Å². The molecule has 1 N–H and O–H groups in total. The van der Waals surface area contributed by atoms with Crippen LogP contribution < -0.4 is 4.90 Å². The Kier molecular flexibility index (Phi) is 3.79. The number of carbonyl (C=O) groups excluding carboxylic acids is 1. The molecule has 0 radical (unpaired) electrons. The topological polar surface area (TPSA) is 56.7 Å². The van der Waals surface area contributed by atoms with Crippen LogP contribution >= 0.6 is 0 Å². The molecule has 5 nitrogen and oxygen atoms in total. The Labute approximate surface area is 143 Å². The average molecular weight is 329 g/mol. The van der Waals surface area contributed by atoms with Gasteiger partial charge in [0, 0.05) is 32.6 Å². The lowest BCUT2D eigenvalue weighted by molar-refractivity contribution is -0.0609. The maximum absolute atomic E-state index is 13.0. The van der Waals surface area contributed by atoms with Crippen LogP contribution in [0.4, 0.5) is 5.82 Å². The molecule has 3 heterocycles. The van der Waals surface area contributed by atoms with Crippen LogP contribution in [-0.2, 0) is 6.42 Å². The number of amides is 1. The predicted molar refractivity (Wildman–Crippen MR) is 93.2 cm³/mol. The fraction of sp³-hybridized carbons (Fsp3) is 0.684. The lowest BCUT2D eigenvalue weighted by Crippen LogP contribution is -2.44. The number of likely N-dealkylation sites (tertiary alicyclic amines) is 1. The second kappa shape index (κ2) is 5.73. The zero-order valence-electron chi connectivity index (χ0n) is 14.7. The molecule has 2 aliphatic heterocycles. The molecule has 4 rings (SSSR count). The van der Waals surface area contributed by atoms with Gasteiger partial charge in [0.05, 0.1) is 5.60 Å². The van der Waals surface area contributed by atoms with Crippen molar-refractivity contribution in [2.75, 3.05) is 31.6 Å². The molecular formula is C19H27N3O2. The van der Waals surface area contributed by atoms with Crippen molar-refractivity contribution in [1.29, 1.82) is 0 Å². The predicted octanol–water partition coefficient (Wildman–Crippen LogP) is 2.09. The summed E-state index contributed by atoms with van der Waals surface area (Å²) in [5.74, 6) is 1.62. The van der Waals surface area contributed by atoms with Crippen molar-refractivity contribution in [1.82, 2.24) is 9.88 Å². The number of anilines is 1. The average Bonchev–Trinajstić information content (AvgIpc) is 3.19. The zero-order chi connectivity index (χ0) is 16.9. The van der Waals surface area contributed by atoms with Crippen molar-refractivity contribution in [2.45, 2.75) is 44.6 Å². The molecule has 5 heteroatoms. The number of aromatic nitrogens is 1. The minimum atomic E-state index is -0.594. The normalized spacial score (nSPS) is 32.0. The standard InChI is InChI=1S/C19H27N3O2/c1-3-19(24)9-4-5-14-11-22(12-15(14)19)18(23)16-7-6-13-8-10-21(2)17(13)20-16/h6-7,14-15,24H,3-5,8-12H2,1-2H3/t14-,15+,19-/m0/s1. The van der Waals surface area contributed by atoms with Gasteiger partial charge in [-0.3, -0.25) is 4.79 Å². The number of likely N-dealkylation sites (N-methyl/N-ethyl adjacent to an activating group) is 1. The molecule has 1 saturated heterocycles. The van der Waals surface area contributed by atoms with Gasteiger partial charge in [-0.05, 0) is 43.2 Å². The van der Waals surface area contributed by atoms with E-state index in [4.69, 9.17) is 0 Å². The van der Waals surface area contributed by atoms with Crippen molar-refractivity contribution in [3.05, 3.63) is 23.4 Å². The van der Waals surface area contributed by atoms with E-state index in [-0.39, 0.29) is 11.8 Å². The first kappa shape index (κ1) is 15.9. The third kappa shape index (κ3) is 2.41. The molecule has 1 saturated carbocycles. The quantitative estimate of drug-likeness (QED) is 0.903. The second-order valence-electron chi connectivity index (χ2n) is 7.78. The van der Waals surface area contributed by atoms with E-state index in [9.17, 15) is 9.90 Å². The van der Waals surface area contributed by atoms with Crippen LogP contribution in [0.3, 0.4) is 0 Å². The number of hydrogen-bond donors (Lipinski definition) is 1. The SMILES string of the molecule is CC[C@]1(O)CCC[C@H]2CN(C(=O)c3ccc4c(n3)N(C)CC4)C[C@H]21. The summed E-state index contributed by atoms with van der Waals surface area (Å²) in [6, 6.07) is 3.92. The molecule has 0 unspecified atom stereocenters. The Morgan fingerprint density at radius 2 is 2.25 bits per heavy atom. The van der Waals surface area contributed by atoms with Crippen LogP contribution in [0.5, 0.6) is 0 Å². The molecule has 0 spiro atoms. The number of hydrogen-bond acceptors (Lipinski definition) is 4. The summed E-state index contributed by atoms with van der Waals surface area (Å²) in [5.41, 5.74) is 1.18. The van der Waals surface area contributed by atoms with E-state index < -0.39 is 5.60 Å². The van der Waals surface area contributed by atoms with E-state index in [0.29, 0.717) is 18.2 Å². The third-order valence-electron chi connectivity index (χ3n) is 6.47. The van der Waals surface area contributed by atoms with Crippen LogP contribution in [0.1, 0.15) is 48.7 Å². The maximum atomic E-state index is 13.0. The van der Waals surface area contributed by atoms with Crippen LogP contribution in [0, 0.1) is 11.8 Å². The monoisotopic (exact) mass is 329 g/mol. The number of rotatable bonds is 2. The number of fused-ring (bicyclic) bond motifs is 2. The molecule has 3 aliphatic rings.